The van der Waals surface area contributed by atoms with Crippen LogP contribution in [0.1, 0.15) is 10.4 Å². The van der Waals surface area contributed by atoms with Crippen LogP contribution in [0.2, 0.25) is 0 Å². The van der Waals surface area contributed by atoms with E-state index < -0.39 is 31.4 Å². The number of fused-ring (bicyclic) bond motifs is 1. The van der Waals surface area contributed by atoms with Crippen molar-refractivity contribution in [3.63, 3.8) is 0 Å². The van der Waals surface area contributed by atoms with Crippen molar-refractivity contribution in [2.24, 2.45) is 0 Å². The largest absolute Gasteiger partial charge is 0.290 e. The second kappa shape index (κ2) is 2.76. The molecular formula is C7H4N2O5S. The highest BCUT2D eigenvalue weighted by atomic mass is 32.2. The van der Waals surface area contributed by atoms with Crippen molar-refractivity contribution < 1.29 is 18.1 Å². The molecule has 1 aromatic rings. The van der Waals surface area contributed by atoms with E-state index in [0.717, 1.165) is 6.07 Å². The Bertz CT molecular complexity index is 577. The number of rotatable bonds is 1. The summed E-state index contributed by atoms with van der Waals surface area (Å²) in [7, 11) is -4.07. The molecular weight excluding hydrogens is 224 g/mol. The van der Waals surface area contributed by atoms with Crippen LogP contribution in [0.15, 0.2) is 23.1 Å². The molecule has 0 saturated carbocycles. The highest BCUT2D eigenvalue weighted by Crippen LogP contribution is 2.31. The summed E-state index contributed by atoms with van der Waals surface area (Å²) in [4.78, 5) is 20.3. The van der Waals surface area contributed by atoms with Crippen LogP contribution in [0.4, 0.5) is 5.69 Å². The van der Waals surface area contributed by atoms with Crippen LogP contribution in [0, 0.1) is 10.1 Å². The molecule has 1 aliphatic rings. The summed E-state index contributed by atoms with van der Waals surface area (Å²) in [6, 6.07) is 3.52. The monoisotopic (exact) mass is 228 g/mol. The maximum atomic E-state index is 11.4. The van der Waals surface area contributed by atoms with Gasteiger partial charge in [-0.15, -0.1) is 0 Å². The molecule has 0 fully saturated rings. The number of nitro benzene ring substituents is 1. The number of nitro groups is 1. The van der Waals surface area contributed by atoms with Crippen molar-refractivity contribution >= 4 is 21.6 Å². The minimum absolute atomic E-state index is 0.191. The second-order valence-electron chi connectivity index (χ2n) is 2.85. The molecule has 0 aliphatic carbocycles. The molecule has 0 spiro atoms. The van der Waals surface area contributed by atoms with Crippen molar-refractivity contribution in [2.75, 3.05) is 0 Å². The number of carbonyl (C=O) groups is 1. The van der Waals surface area contributed by atoms with E-state index >= 15 is 0 Å². The lowest BCUT2D eigenvalue weighted by Gasteiger charge is -1.96. The summed E-state index contributed by atoms with van der Waals surface area (Å²) in [5.41, 5.74) is -0.782. The molecule has 78 valence electrons. The summed E-state index contributed by atoms with van der Waals surface area (Å²) in [6.07, 6.45) is 0. The van der Waals surface area contributed by atoms with Gasteiger partial charge in [0.2, 0.25) is 0 Å². The Balaban J connectivity index is 2.87. The maximum Gasteiger partial charge on any atom is 0.290 e. The average Bonchev–Trinajstić information content (AvgIpc) is 2.37. The van der Waals surface area contributed by atoms with Gasteiger partial charge in [-0.1, -0.05) is 6.07 Å². The molecule has 1 amide bonds. The summed E-state index contributed by atoms with van der Waals surface area (Å²) >= 11 is 0. The Morgan fingerprint density at radius 2 is 2.00 bits per heavy atom. The SMILES string of the molecule is O=C1NS(=O)(=O)c2c1cccc2[N+](=O)[O-]. The molecule has 1 N–H and O–H groups in total. The third-order valence-electron chi connectivity index (χ3n) is 1.93. The number of benzene rings is 1. The first kappa shape index (κ1) is 9.59. The lowest BCUT2D eigenvalue weighted by Crippen LogP contribution is -2.21. The van der Waals surface area contributed by atoms with Crippen LogP contribution in [0.3, 0.4) is 0 Å². The van der Waals surface area contributed by atoms with Crippen LogP contribution in [-0.4, -0.2) is 19.2 Å². The number of sulfonamides is 1. The Morgan fingerprint density at radius 3 is 2.60 bits per heavy atom. The van der Waals surface area contributed by atoms with E-state index in [1.165, 1.54) is 12.1 Å². The van der Waals surface area contributed by atoms with Gasteiger partial charge in [-0.3, -0.25) is 14.9 Å². The molecule has 1 aliphatic heterocycles. The molecule has 0 radical (unpaired) electrons. The average molecular weight is 228 g/mol. The van der Waals surface area contributed by atoms with Gasteiger partial charge in [-0.05, 0) is 6.07 Å². The first-order valence-corrected chi connectivity index (χ1v) is 5.26. The molecule has 0 bridgehead atoms. The molecule has 2 rings (SSSR count). The fraction of sp³-hybridized carbons (Fsp3) is 0. The summed E-state index contributed by atoms with van der Waals surface area (Å²) in [5.74, 6) is -0.839. The van der Waals surface area contributed by atoms with Crippen LogP contribution >= 0.6 is 0 Å². The van der Waals surface area contributed by atoms with Gasteiger partial charge in [0.15, 0.2) is 4.90 Å². The lowest BCUT2D eigenvalue weighted by atomic mass is 10.2. The van der Waals surface area contributed by atoms with Gasteiger partial charge in [-0.25, -0.2) is 13.1 Å². The third-order valence-corrected chi connectivity index (χ3v) is 3.35. The Morgan fingerprint density at radius 1 is 1.33 bits per heavy atom. The topological polar surface area (TPSA) is 106 Å². The summed E-state index contributed by atoms with van der Waals surface area (Å²) in [5, 5.41) is 10.6. The Hall–Kier alpha value is -1.96. The van der Waals surface area contributed by atoms with E-state index in [2.05, 4.69) is 0 Å². The minimum atomic E-state index is -4.07. The van der Waals surface area contributed by atoms with Gasteiger partial charge in [0.25, 0.3) is 21.6 Å². The van der Waals surface area contributed by atoms with Gasteiger partial charge >= 0.3 is 0 Å². The van der Waals surface area contributed by atoms with Crippen LogP contribution in [0.5, 0.6) is 0 Å². The van der Waals surface area contributed by atoms with Crippen molar-refractivity contribution in [1.82, 2.24) is 4.72 Å². The molecule has 0 atom stereocenters. The third kappa shape index (κ3) is 1.26. The fourth-order valence-corrected chi connectivity index (χ4v) is 2.68. The zero-order valence-corrected chi connectivity index (χ0v) is 7.95. The molecule has 0 saturated heterocycles. The lowest BCUT2D eigenvalue weighted by molar-refractivity contribution is -0.387. The van der Waals surface area contributed by atoms with Crippen LogP contribution in [-0.2, 0) is 10.0 Å². The quantitative estimate of drug-likeness (QED) is 0.539. The van der Waals surface area contributed by atoms with E-state index in [4.69, 9.17) is 0 Å². The zero-order chi connectivity index (χ0) is 11.2. The van der Waals surface area contributed by atoms with Crippen molar-refractivity contribution in [3.05, 3.63) is 33.9 Å². The molecule has 1 aromatic carbocycles. The second-order valence-corrected chi connectivity index (χ2v) is 4.46. The molecule has 15 heavy (non-hydrogen) atoms. The number of hydrogen-bond acceptors (Lipinski definition) is 5. The smallest absolute Gasteiger partial charge is 0.268 e. The molecule has 7 nitrogen and oxygen atoms in total. The molecule has 8 heteroatoms. The minimum Gasteiger partial charge on any atom is -0.268 e. The van der Waals surface area contributed by atoms with E-state index in [9.17, 15) is 23.3 Å². The van der Waals surface area contributed by atoms with Gasteiger partial charge < -0.3 is 0 Å². The summed E-state index contributed by atoms with van der Waals surface area (Å²) < 4.78 is 24.4. The molecule has 0 unspecified atom stereocenters. The highest BCUT2D eigenvalue weighted by molar-refractivity contribution is 7.90. The maximum absolute atomic E-state index is 11.4. The van der Waals surface area contributed by atoms with Gasteiger partial charge in [0.05, 0.1) is 10.5 Å². The Labute approximate surface area is 83.9 Å². The molecule has 0 aromatic heterocycles. The number of amides is 1. The fourth-order valence-electron chi connectivity index (χ4n) is 1.36. The highest BCUT2D eigenvalue weighted by Gasteiger charge is 2.39. The molecule has 1 heterocycles. The first-order chi connectivity index (χ1) is 6.93. The van der Waals surface area contributed by atoms with Crippen LogP contribution in [0.25, 0.3) is 0 Å². The van der Waals surface area contributed by atoms with E-state index in [1.807, 2.05) is 0 Å². The van der Waals surface area contributed by atoms with Crippen molar-refractivity contribution in [2.45, 2.75) is 4.90 Å². The van der Waals surface area contributed by atoms with E-state index in [0.29, 0.717) is 0 Å². The van der Waals surface area contributed by atoms with Crippen LogP contribution < -0.4 is 4.72 Å². The van der Waals surface area contributed by atoms with Gasteiger partial charge in [0.1, 0.15) is 0 Å². The first-order valence-electron chi connectivity index (χ1n) is 3.78. The number of hydrogen-bond donors (Lipinski definition) is 1. The van der Waals surface area contributed by atoms with Gasteiger partial charge in [-0.2, -0.15) is 0 Å². The van der Waals surface area contributed by atoms with E-state index in [-0.39, 0.29) is 5.56 Å². The normalized spacial score (nSPS) is 16.9. The predicted molar refractivity (Wildman–Crippen MR) is 47.7 cm³/mol. The van der Waals surface area contributed by atoms with Crippen molar-refractivity contribution in [3.8, 4) is 0 Å². The number of nitrogens with one attached hydrogen (secondary N) is 1. The van der Waals surface area contributed by atoms with E-state index in [1.54, 1.807) is 4.72 Å². The number of nitrogens with zero attached hydrogens (tertiary/aromatic N) is 1. The standard InChI is InChI=1S/C7H4N2O5S/c10-7-4-2-1-3-5(9(11)12)6(4)15(13,14)8-7/h1-3H,(H,8,10). The predicted octanol–water partition coefficient (Wildman–Crippen LogP) is 0.0269. The Kier molecular flexibility index (Phi) is 1.77. The van der Waals surface area contributed by atoms with Gasteiger partial charge in [0, 0.05) is 6.07 Å². The summed E-state index contributed by atoms with van der Waals surface area (Å²) in [6.45, 7) is 0. The number of carbonyl (C=O) groups excluding carboxylic acids is 1. The zero-order valence-electron chi connectivity index (χ0n) is 7.13. The van der Waals surface area contributed by atoms with Crippen molar-refractivity contribution in [1.29, 1.82) is 0 Å².